The van der Waals surface area contributed by atoms with Crippen LogP contribution in [-0.4, -0.2) is 37.8 Å². The van der Waals surface area contributed by atoms with Gasteiger partial charge in [-0.2, -0.15) is 4.31 Å². The van der Waals surface area contributed by atoms with E-state index in [-0.39, 0.29) is 23.4 Å². The SMILES string of the molecule is O=C(CN(C1CCCCC1)S(=O)(=O)c1ccccc1)N1CCc2cc(Br)ccc21. The lowest BCUT2D eigenvalue weighted by Crippen LogP contribution is -2.48. The Morgan fingerprint density at radius 1 is 1.07 bits per heavy atom. The summed E-state index contributed by atoms with van der Waals surface area (Å²) < 4.78 is 29.3. The molecule has 1 heterocycles. The third-order valence-corrected chi connectivity index (χ3v) is 8.27. The average Bonchev–Trinajstić information content (AvgIpc) is 3.16. The Hall–Kier alpha value is -1.70. The van der Waals surface area contributed by atoms with Crippen LogP contribution >= 0.6 is 15.9 Å². The zero-order valence-electron chi connectivity index (χ0n) is 16.3. The zero-order valence-corrected chi connectivity index (χ0v) is 18.7. The molecule has 0 spiro atoms. The second-order valence-corrected chi connectivity index (χ2v) is 10.5. The second-order valence-electron chi connectivity index (χ2n) is 7.72. The maximum Gasteiger partial charge on any atom is 0.243 e. The van der Waals surface area contributed by atoms with E-state index < -0.39 is 10.0 Å². The number of amides is 1. The number of anilines is 1. The van der Waals surface area contributed by atoms with E-state index >= 15 is 0 Å². The topological polar surface area (TPSA) is 57.7 Å². The summed E-state index contributed by atoms with van der Waals surface area (Å²) in [5.74, 6) is -0.156. The molecule has 0 bridgehead atoms. The van der Waals surface area contributed by atoms with Gasteiger partial charge in [-0.05, 0) is 55.2 Å². The summed E-state index contributed by atoms with van der Waals surface area (Å²) in [7, 11) is -3.73. The Morgan fingerprint density at radius 3 is 2.52 bits per heavy atom. The fraction of sp³-hybridized carbons (Fsp3) is 0.409. The van der Waals surface area contributed by atoms with Gasteiger partial charge in [0.15, 0.2) is 0 Å². The summed E-state index contributed by atoms with van der Waals surface area (Å²) in [5.41, 5.74) is 2.00. The predicted octanol–water partition coefficient (Wildman–Crippen LogP) is 4.36. The molecule has 1 aliphatic carbocycles. The summed E-state index contributed by atoms with van der Waals surface area (Å²) in [6.45, 7) is 0.478. The van der Waals surface area contributed by atoms with Crippen molar-refractivity contribution in [1.82, 2.24) is 4.31 Å². The minimum Gasteiger partial charge on any atom is -0.311 e. The summed E-state index contributed by atoms with van der Waals surface area (Å²) in [6.07, 6.45) is 5.53. The molecule has 29 heavy (non-hydrogen) atoms. The smallest absolute Gasteiger partial charge is 0.243 e. The van der Waals surface area contributed by atoms with E-state index in [9.17, 15) is 13.2 Å². The number of rotatable bonds is 5. The van der Waals surface area contributed by atoms with Gasteiger partial charge in [0.1, 0.15) is 0 Å². The summed E-state index contributed by atoms with van der Waals surface area (Å²) in [4.78, 5) is 15.2. The highest BCUT2D eigenvalue weighted by Crippen LogP contribution is 2.32. The minimum atomic E-state index is -3.73. The van der Waals surface area contributed by atoms with Gasteiger partial charge >= 0.3 is 0 Å². The van der Waals surface area contributed by atoms with E-state index in [0.29, 0.717) is 6.54 Å². The van der Waals surface area contributed by atoms with Crippen LogP contribution in [0.25, 0.3) is 0 Å². The Balaban J connectivity index is 1.62. The number of benzene rings is 2. The van der Waals surface area contributed by atoms with Crippen LogP contribution in [0.2, 0.25) is 0 Å². The van der Waals surface area contributed by atoms with Gasteiger partial charge < -0.3 is 4.90 Å². The van der Waals surface area contributed by atoms with Crippen molar-refractivity contribution in [3.05, 3.63) is 58.6 Å². The number of fused-ring (bicyclic) bond motifs is 1. The van der Waals surface area contributed by atoms with Gasteiger partial charge in [0.05, 0.1) is 11.4 Å². The van der Waals surface area contributed by atoms with Gasteiger partial charge in [0.25, 0.3) is 0 Å². The van der Waals surface area contributed by atoms with Gasteiger partial charge in [-0.1, -0.05) is 53.4 Å². The number of nitrogens with zero attached hydrogens (tertiary/aromatic N) is 2. The maximum absolute atomic E-state index is 13.4. The number of hydrogen-bond donors (Lipinski definition) is 0. The Kier molecular flexibility index (Phi) is 6.08. The molecule has 4 rings (SSSR count). The van der Waals surface area contributed by atoms with E-state index in [1.54, 1.807) is 35.2 Å². The molecule has 2 aromatic carbocycles. The molecule has 2 aromatic rings. The highest BCUT2D eigenvalue weighted by Gasteiger charge is 2.36. The van der Waals surface area contributed by atoms with Crippen LogP contribution in [0.15, 0.2) is 57.9 Å². The van der Waals surface area contributed by atoms with E-state index in [1.807, 2.05) is 18.2 Å². The normalized spacial score (nSPS) is 17.5. The fourth-order valence-corrected chi connectivity index (χ4v) is 6.42. The van der Waals surface area contributed by atoms with E-state index in [4.69, 9.17) is 0 Å². The first-order valence-electron chi connectivity index (χ1n) is 10.1. The largest absolute Gasteiger partial charge is 0.311 e. The lowest BCUT2D eigenvalue weighted by Gasteiger charge is -2.34. The molecule has 1 saturated carbocycles. The second kappa shape index (κ2) is 8.58. The minimum absolute atomic E-state index is 0.114. The molecule has 0 N–H and O–H groups in total. The third kappa shape index (κ3) is 4.27. The lowest BCUT2D eigenvalue weighted by molar-refractivity contribution is -0.119. The van der Waals surface area contributed by atoms with Crippen molar-refractivity contribution in [1.29, 1.82) is 0 Å². The number of carbonyl (C=O) groups excluding carboxylic acids is 1. The van der Waals surface area contributed by atoms with E-state index in [1.165, 1.54) is 4.31 Å². The van der Waals surface area contributed by atoms with Crippen molar-refractivity contribution >= 4 is 37.5 Å². The highest BCUT2D eigenvalue weighted by atomic mass is 79.9. The molecule has 7 heteroatoms. The molecule has 1 amide bonds. The number of hydrogen-bond acceptors (Lipinski definition) is 3. The van der Waals surface area contributed by atoms with Crippen LogP contribution in [0.3, 0.4) is 0 Å². The zero-order chi connectivity index (χ0) is 20.4. The third-order valence-electron chi connectivity index (χ3n) is 5.86. The van der Waals surface area contributed by atoms with Crippen LogP contribution in [0.1, 0.15) is 37.7 Å². The Labute approximate surface area is 180 Å². The molecule has 0 radical (unpaired) electrons. The maximum atomic E-state index is 13.4. The van der Waals surface area contributed by atoms with Gasteiger partial charge in [0.2, 0.25) is 15.9 Å². The van der Waals surface area contributed by atoms with Crippen LogP contribution in [-0.2, 0) is 21.2 Å². The first kappa shape index (κ1) is 20.6. The number of sulfonamides is 1. The molecule has 0 saturated heterocycles. The van der Waals surface area contributed by atoms with Crippen molar-refractivity contribution in [2.45, 2.75) is 49.5 Å². The summed E-state index contributed by atoms with van der Waals surface area (Å²) >= 11 is 3.48. The standard InChI is InChI=1S/C22H25BrN2O3S/c23-18-11-12-21-17(15-18)13-14-24(21)22(26)16-25(19-7-3-1-4-8-19)29(27,28)20-9-5-2-6-10-20/h2,5-6,9-12,15,19H,1,3-4,7-8,13-14,16H2. The molecule has 0 atom stereocenters. The van der Waals surface area contributed by atoms with Crippen molar-refractivity contribution in [3.8, 4) is 0 Å². The average molecular weight is 477 g/mol. The van der Waals surface area contributed by atoms with Crippen LogP contribution in [0.5, 0.6) is 0 Å². The van der Waals surface area contributed by atoms with Crippen molar-refractivity contribution in [2.75, 3.05) is 18.0 Å². The monoisotopic (exact) mass is 476 g/mol. The first-order chi connectivity index (χ1) is 14.0. The van der Waals surface area contributed by atoms with Crippen molar-refractivity contribution in [3.63, 3.8) is 0 Å². The molecule has 0 unspecified atom stereocenters. The summed E-state index contributed by atoms with van der Waals surface area (Å²) in [6, 6.07) is 14.2. The molecule has 5 nitrogen and oxygen atoms in total. The summed E-state index contributed by atoms with van der Waals surface area (Å²) in [5, 5.41) is 0. The van der Waals surface area contributed by atoms with Gasteiger partial charge in [-0.15, -0.1) is 0 Å². The predicted molar refractivity (Wildman–Crippen MR) is 117 cm³/mol. The molecular weight excluding hydrogens is 452 g/mol. The fourth-order valence-electron chi connectivity index (χ4n) is 4.36. The lowest BCUT2D eigenvalue weighted by atomic mass is 9.95. The molecule has 1 fully saturated rings. The van der Waals surface area contributed by atoms with E-state index in [2.05, 4.69) is 15.9 Å². The molecule has 0 aromatic heterocycles. The first-order valence-corrected chi connectivity index (χ1v) is 12.4. The number of halogens is 1. The quantitative estimate of drug-likeness (QED) is 0.643. The highest BCUT2D eigenvalue weighted by molar-refractivity contribution is 9.10. The Bertz CT molecular complexity index is 988. The molecule has 1 aliphatic heterocycles. The molecule has 2 aliphatic rings. The van der Waals surface area contributed by atoms with Crippen LogP contribution in [0.4, 0.5) is 5.69 Å². The van der Waals surface area contributed by atoms with Crippen LogP contribution in [0, 0.1) is 0 Å². The van der Waals surface area contributed by atoms with Gasteiger partial charge in [0, 0.05) is 22.7 Å². The van der Waals surface area contributed by atoms with Crippen molar-refractivity contribution in [2.24, 2.45) is 0 Å². The van der Waals surface area contributed by atoms with Crippen LogP contribution < -0.4 is 4.90 Å². The number of carbonyl (C=O) groups is 1. The molecule has 154 valence electrons. The van der Waals surface area contributed by atoms with Gasteiger partial charge in [-0.25, -0.2) is 8.42 Å². The Morgan fingerprint density at radius 2 is 1.79 bits per heavy atom. The van der Waals surface area contributed by atoms with E-state index in [0.717, 1.165) is 54.2 Å². The van der Waals surface area contributed by atoms with Gasteiger partial charge in [-0.3, -0.25) is 4.79 Å². The van der Waals surface area contributed by atoms with Crippen molar-refractivity contribution < 1.29 is 13.2 Å². The molecular formula is C22H25BrN2O3S.